The summed E-state index contributed by atoms with van der Waals surface area (Å²) in [5, 5.41) is 13.8. The van der Waals surface area contributed by atoms with Crippen molar-refractivity contribution in [3.63, 3.8) is 0 Å². The molecular formula is C17H21N3O4S. The number of alkyl carbamates (subject to hydrolysis) is 1. The Morgan fingerprint density at radius 2 is 2.12 bits per heavy atom. The SMILES string of the molecule is CC(C)(C)OC(=O)NCCCc1cc(-c2nc(C(=O)O)cs2)ccn1. The molecule has 0 atom stereocenters. The number of hydrogen-bond donors (Lipinski definition) is 2. The first-order valence-corrected chi connectivity index (χ1v) is 8.73. The fraction of sp³-hybridized carbons (Fsp3) is 0.412. The molecule has 1 amide bonds. The van der Waals surface area contributed by atoms with Gasteiger partial charge in [-0.3, -0.25) is 4.98 Å². The molecule has 0 spiro atoms. The molecule has 0 radical (unpaired) electrons. The van der Waals surface area contributed by atoms with Crippen LogP contribution in [0.3, 0.4) is 0 Å². The molecule has 2 N–H and O–H groups in total. The Morgan fingerprint density at radius 3 is 2.76 bits per heavy atom. The van der Waals surface area contributed by atoms with Gasteiger partial charge in [0.2, 0.25) is 0 Å². The minimum Gasteiger partial charge on any atom is -0.476 e. The molecule has 7 nitrogen and oxygen atoms in total. The summed E-state index contributed by atoms with van der Waals surface area (Å²) in [6, 6.07) is 3.69. The Bertz CT molecular complexity index is 752. The normalized spacial score (nSPS) is 11.2. The van der Waals surface area contributed by atoms with Gasteiger partial charge in [-0.1, -0.05) is 0 Å². The summed E-state index contributed by atoms with van der Waals surface area (Å²) < 4.78 is 5.17. The minimum absolute atomic E-state index is 0.0416. The van der Waals surface area contributed by atoms with E-state index in [1.807, 2.05) is 26.8 Å². The number of carboxylic acid groups (broad SMARTS) is 1. The molecule has 0 aliphatic rings. The van der Waals surface area contributed by atoms with Crippen LogP contribution < -0.4 is 5.32 Å². The number of amides is 1. The van der Waals surface area contributed by atoms with Crippen molar-refractivity contribution in [3.8, 4) is 10.6 Å². The topological polar surface area (TPSA) is 101 Å². The van der Waals surface area contributed by atoms with E-state index in [1.54, 1.807) is 12.3 Å². The second-order valence-corrected chi connectivity index (χ2v) is 7.27. The summed E-state index contributed by atoms with van der Waals surface area (Å²) in [4.78, 5) is 30.9. The van der Waals surface area contributed by atoms with Crippen molar-refractivity contribution < 1.29 is 19.4 Å². The number of carbonyl (C=O) groups excluding carboxylic acids is 1. The number of nitrogens with one attached hydrogen (secondary N) is 1. The highest BCUT2D eigenvalue weighted by Gasteiger charge is 2.15. The molecule has 0 bridgehead atoms. The molecule has 0 unspecified atom stereocenters. The summed E-state index contributed by atoms with van der Waals surface area (Å²) in [7, 11) is 0. The van der Waals surface area contributed by atoms with Gasteiger partial charge in [-0.2, -0.15) is 0 Å². The number of nitrogens with zero attached hydrogens (tertiary/aromatic N) is 2. The predicted octanol–water partition coefficient (Wildman–Crippen LogP) is 3.36. The third-order valence-corrected chi connectivity index (χ3v) is 3.96. The van der Waals surface area contributed by atoms with Crippen molar-refractivity contribution in [3.05, 3.63) is 35.1 Å². The number of aromatic carboxylic acids is 1. The minimum atomic E-state index is -1.04. The fourth-order valence-electron chi connectivity index (χ4n) is 2.03. The average molecular weight is 363 g/mol. The third-order valence-electron chi connectivity index (χ3n) is 3.06. The number of thiazole rings is 1. The highest BCUT2D eigenvalue weighted by molar-refractivity contribution is 7.13. The Balaban J connectivity index is 1.87. The van der Waals surface area contributed by atoms with Crippen LogP contribution in [0.15, 0.2) is 23.7 Å². The van der Waals surface area contributed by atoms with Crippen LogP contribution in [0.2, 0.25) is 0 Å². The van der Waals surface area contributed by atoms with Gasteiger partial charge < -0.3 is 15.2 Å². The summed E-state index contributed by atoms with van der Waals surface area (Å²) in [5.74, 6) is -1.04. The van der Waals surface area contributed by atoms with Gasteiger partial charge in [0.05, 0.1) is 0 Å². The lowest BCUT2D eigenvalue weighted by Gasteiger charge is -2.19. The van der Waals surface area contributed by atoms with Gasteiger partial charge in [0.1, 0.15) is 10.6 Å². The maximum atomic E-state index is 11.6. The summed E-state index contributed by atoms with van der Waals surface area (Å²) in [5.41, 5.74) is 1.22. The monoisotopic (exact) mass is 363 g/mol. The second-order valence-electron chi connectivity index (χ2n) is 6.41. The smallest absolute Gasteiger partial charge is 0.407 e. The van der Waals surface area contributed by atoms with Crippen LogP contribution in [0.5, 0.6) is 0 Å². The summed E-state index contributed by atoms with van der Waals surface area (Å²) in [6.07, 6.45) is 2.64. The van der Waals surface area contributed by atoms with Gasteiger partial charge in [-0.15, -0.1) is 11.3 Å². The Kier molecular flexibility index (Phi) is 6.08. The van der Waals surface area contributed by atoms with Crippen LogP contribution in [0.1, 0.15) is 43.4 Å². The largest absolute Gasteiger partial charge is 0.476 e. The maximum absolute atomic E-state index is 11.6. The van der Waals surface area contributed by atoms with Gasteiger partial charge in [0, 0.05) is 29.4 Å². The van der Waals surface area contributed by atoms with Crippen LogP contribution in [0, 0.1) is 0 Å². The first-order valence-electron chi connectivity index (χ1n) is 7.85. The van der Waals surface area contributed by atoms with Crippen molar-refractivity contribution >= 4 is 23.4 Å². The molecule has 0 saturated heterocycles. The molecule has 2 aromatic rings. The first-order chi connectivity index (χ1) is 11.7. The molecular weight excluding hydrogens is 342 g/mol. The van der Waals surface area contributed by atoms with E-state index in [0.29, 0.717) is 24.4 Å². The summed E-state index contributed by atoms with van der Waals surface area (Å²) in [6.45, 7) is 5.93. The van der Waals surface area contributed by atoms with Gasteiger partial charge >= 0.3 is 12.1 Å². The zero-order chi connectivity index (χ0) is 18.4. The zero-order valence-corrected chi connectivity index (χ0v) is 15.2. The quantitative estimate of drug-likeness (QED) is 0.763. The van der Waals surface area contributed by atoms with Crippen molar-refractivity contribution in [2.45, 2.75) is 39.2 Å². The maximum Gasteiger partial charge on any atom is 0.407 e. The third kappa shape index (κ3) is 6.15. The van der Waals surface area contributed by atoms with E-state index in [-0.39, 0.29) is 5.69 Å². The number of aryl methyl sites for hydroxylation is 1. The van der Waals surface area contributed by atoms with E-state index in [1.165, 1.54) is 16.7 Å². The molecule has 0 aromatic carbocycles. The molecule has 8 heteroatoms. The lowest BCUT2D eigenvalue weighted by molar-refractivity contribution is 0.0526. The molecule has 0 aliphatic heterocycles. The van der Waals surface area contributed by atoms with Crippen molar-refractivity contribution in [1.29, 1.82) is 0 Å². The van der Waals surface area contributed by atoms with Gasteiger partial charge in [-0.05, 0) is 45.7 Å². The highest BCUT2D eigenvalue weighted by Crippen LogP contribution is 2.24. The van der Waals surface area contributed by atoms with Crippen molar-refractivity contribution in [2.75, 3.05) is 6.54 Å². The van der Waals surface area contributed by atoms with E-state index < -0.39 is 17.7 Å². The lowest BCUT2D eigenvalue weighted by atomic mass is 10.1. The number of rotatable bonds is 6. The van der Waals surface area contributed by atoms with Crippen LogP contribution >= 0.6 is 11.3 Å². The van der Waals surface area contributed by atoms with Crippen molar-refractivity contribution in [1.82, 2.24) is 15.3 Å². The first kappa shape index (κ1) is 18.9. The average Bonchev–Trinajstić information content (AvgIpc) is 3.00. The Hall–Kier alpha value is -2.48. The molecule has 0 aliphatic carbocycles. The van der Waals surface area contributed by atoms with Crippen LogP contribution in [0.25, 0.3) is 10.6 Å². The molecule has 134 valence electrons. The molecule has 0 saturated carbocycles. The molecule has 2 aromatic heterocycles. The van der Waals surface area contributed by atoms with E-state index >= 15 is 0 Å². The Morgan fingerprint density at radius 1 is 1.36 bits per heavy atom. The van der Waals surface area contributed by atoms with E-state index in [2.05, 4.69) is 15.3 Å². The van der Waals surface area contributed by atoms with Crippen LogP contribution in [-0.4, -0.2) is 39.3 Å². The zero-order valence-electron chi connectivity index (χ0n) is 14.4. The molecule has 0 fully saturated rings. The number of carboxylic acids is 1. The predicted molar refractivity (Wildman–Crippen MR) is 94.9 cm³/mol. The highest BCUT2D eigenvalue weighted by atomic mass is 32.1. The number of hydrogen-bond acceptors (Lipinski definition) is 6. The van der Waals surface area contributed by atoms with E-state index in [9.17, 15) is 9.59 Å². The number of carbonyl (C=O) groups is 2. The molecule has 2 heterocycles. The van der Waals surface area contributed by atoms with Crippen LogP contribution in [-0.2, 0) is 11.2 Å². The van der Waals surface area contributed by atoms with E-state index in [0.717, 1.165) is 11.3 Å². The van der Waals surface area contributed by atoms with Gasteiger partial charge in [0.15, 0.2) is 5.69 Å². The standard InChI is InChI=1S/C17H21N3O4S/c1-17(2,3)24-16(23)19-7-4-5-12-9-11(6-8-18-12)14-20-13(10-25-14)15(21)22/h6,8-10H,4-5,7H2,1-3H3,(H,19,23)(H,21,22). The lowest BCUT2D eigenvalue weighted by Crippen LogP contribution is -2.33. The molecule has 25 heavy (non-hydrogen) atoms. The van der Waals surface area contributed by atoms with Crippen LogP contribution in [0.4, 0.5) is 4.79 Å². The number of ether oxygens (including phenoxy) is 1. The van der Waals surface area contributed by atoms with Gasteiger partial charge in [-0.25, -0.2) is 14.6 Å². The molecule has 2 rings (SSSR count). The summed E-state index contributed by atoms with van der Waals surface area (Å²) >= 11 is 1.28. The van der Waals surface area contributed by atoms with E-state index in [4.69, 9.17) is 9.84 Å². The number of pyridine rings is 1. The number of aromatic nitrogens is 2. The second kappa shape index (κ2) is 8.06. The fourth-order valence-corrected chi connectivity index (χ4v) is 2.82. The van der Waals surface area contributed by atoms with Gasteiger partial charge in [0.25, 0.3) is 0 Å². The van der Waals surface area contributed by atoms with Crippen molar-refractivity contribution in [2.24, 2.45) is 0 Å². The Labute approximate surface area is 150 Å².